The molecule has 0 aromatic heterocycles. The molecule has 2 rings (SSSR count). The fourth-order valence-electron chi connectivity index (χ4n) is 2.86. The molecule has 0 bridgehead atoms. The molecule has 0 heterocycles. The van der Waals surface area contributed by atoms with Gasteiger partial charge in [0.25, 0.3) is 0 Å². The second kappa shape index (κ2) is 5.84. The van der Waals surface area contributed by atoms with Gasteiger partial charge in [-0.15, -0.1) is 0 Å². The van der Waals surface area contributed by atoms with Gasteiger partial charge < -0.3 is 5.73 Å². The first-order valence-electron chi connectivity index (χ1n) is 7.18. The minimum atomic E-state index is -3.51. The van der Waals surface area contributed by atoms with E-state index in [1.807, 2.05) is 19.1 Å². The van der Waals surface area contributed by atoms with Crippen molar-refractivity contribution in [2.45, 2.75) is 50.0 Å². The first kappa shape index (κ1) is 15.5. The molecule has 1 aromatic rings. The Morgan fingerprint density at radius 1 is 1.30 bits per heavy atom. The Kier molecular flexibility index (Phi) is 4.52. The highest BCUT2D eigenvalue weighted by molar-refractivity contribution is 7.89. The predicted octanol–water partition coefficient (Wildman–Crippen LogP) is 2.18. The van der Waals surface area contributed by atoms with Crippen LogP contribution in [-0.4, -0.2) is 20.5 Å². The first-order chi connectivity index (χ1) is 9.38. The Morgan fingerprint density at radius 2 is 1.90 bits per heavy atom. The van der Waals surface area contributed by atoms with E-state index in [0.29, 0.717) is 17.4 Å². The van der Waals surface area contributed by atoms with Crippen molar-refractivity contribution in [2.24, 2.45) is 11.7 Å². The first-order valence-corrected chi connectivity index (χ1v) is 8.66. The SMILES string of the molecule is Cc1ccccc1S(=O)(=O)NC1(CN)CCC(C)CC1. The third-order valence-electron chi connectivity index (χ3n) is 4.36. The highest BCUT2D eigenvalue weighted by atomic mass is 32.2. The largest absolute Gasteiger partial charge is 0.329 e. The molecular weight excluding hydrogens is 272 g/mol. The van der Waals surface area contributed by atoms with Gasteiger partial charge in [0.15, 0.2) is 0 Å². The number of aryl methyl sites for hydroxylation is 1. The summed E-state index contributed by atoms with van der Waals surface area (Å²) < 4.78 is 28.1. The van der Waals surface area contributed by atoms with Crippen LogP contribution >= 0.6 is 0 Å². The Bertz CT molecular complexity index is 561. The highest BCUT2D eigenvalue weighted by Gasteiger charge is 2.37. The van der Waals surface area contributed by atoms with Gasteiger partial charge in [-0.05, 0) is 50.2 Å². The molecule has 1 saturated carbocycles. The van der Waals surface area contributed by atoms with Gasteiger partial charge >= 0.3 is 0 Å². The zero-order chi connectivity index (χ0) is 14.8. The molecule has 0 saturated heterocycles. The summed E-state index contributed by atoms with van der Waals surface area (Å²) in [6.45, 7) is 4.37. The zero-order valence-electron chi connectivity index (χ0n) is 12.2. The van der Waals surface area contributed by atoms with E-state index in [9.17, 15) is 8.42 Å². The van der Waals surface area contributed by atoms with Crippen LogP contribution in [0.3, 0.4) is 0 Å². The maximum absolute atomic E-state index is 12.6. The molecule has 0 spiro atoms. The van der Waals surface area contributed by atoms with Gasteiger partial charge in [0.05, 0.1) is 4.90 Å². The van der Waals surface area contributed by atoms with Crippen molar-refractivity contribution in [1.82, 2.24) is 4.72 Å². The smallest absolute Gasteiger partial charge is 0.241 e. The van der Waals surface area contributed by atoms with Gasteiger partial charge in [0.2, 0.25) is 10.0 Å². The maximum atomic E-state index is 12.6. The number of hydrogen-bond donors (Lipinski definition) is 2. The molecule has 1 aliphatic carbocycles. The number of hydrogen-bond acceptors (Lipinski definition) is 3. The van der Waals surface area contributed by atoms with Gasteiger partial charge in [-0.25, -0.2) is 13.1 Å². The standard InChI is InChI=1S/C15H24N2O2S/c1-12-7-9-15(11-16,10-8-12)17-20(18,19)14-6-4-3-5-13(14)2/h3-6,12,17H,7-11,16H2,1-2H3. The fraction of sp³-hybridized carbons (Fsp3) is 0.600. The van der Waals surface area contributed by atoms with Gasteiger partial charge in [0.1, 0.15) is 0 Å². The molecule has 4 nitrogen and oxygen atoms in total. The third-order valence-corrected chi connectivity index (χ3v) is 6.09. The van der Waals surface area contributed by atoms with E-state index in [-0.39, 0.29) is 0 Å². The molecule has 1 aliphatic rings. The van der Waals surface area contributed by atoms with Crippen LogP contribution in [0.5, 0.6) is 0 Å². The Hall–Kier alpha value is -0.910. The van der Waals surface area contributed by atoms with Crippen molar-refractivity contribution in [3.05, 3.63) is 29.8 Å². The molecule has 0 atom stereocenters. The Labute approximate surface area is 121 Å². The molecule has 20 heavy (non-hydrogen) atoms. The van der Waals surface area contributed by atoms with Crippen LogP contribution in [0, 0.1) is 12.8 Å². The summed E-state index contributed by atoms with van der Waals surface area (Å²) >= 11 is 0. The fourth-order valence-corrected chi connectivity index (χ4v) is 4.58. The highest BCUT2D eigenvalue weighted by Crippen LogP contribution is 2.32. The molecule has 112 valence electrons. The van der Waals surface area contributed by atoms with Crippen LogP contribution in [0.2, 0.25) is 0 Å². The average Bonchev–Trinajstić information content (AvgIpc) is 2.42. The number of nitrogens with two attached hydrogens (primary N) is 1. The Balaban J connectivity index is 2.25. The number of sulfonamides is 1. The van der Waals surface area contributed by atoms with E-state index in [1.54, 1.807) is 12.1 Å². The summed E-state index contributed by atoms with van der Waals surface area (Å²) in [5, 5.41) is 0. The van der Waals surface area contributed by atoms with Crippen LogP contribution in [-0.2, 0) is 10.0 Å². The van der Waals surface area contributed by atoms with Crippen LogP contribution in [0.15, 0.2) is 29.2 Å². The summed E-state index contributed by atoms with van der Waals surface area (Å²) in [7, 11) is -3.51. The summed E-state index contributed by atoms with van der Waals surface area (Å²) in [5.41, 5.74) is 6.16. The zero-order valence-corrected chi connectivity index (χ0v) is 13.0. The lowest BCUT2D eigenvalue weighted by atomic mass is 9.78. The summed E-state index contributed by atoms with van der Waals surface area (Å²) in [5.74, 6) is 0.651. The second-order valence-electron chi connectivity index (χ2n) is 6.04. The van der Waals surface area contributed by atoms with Crippen molar-refractivity contribution in [3.8, 4) is 0 Å². The van der Waals surface area contributed by atoms with Gasteiger partial charge in [-0.2, -0.15) is 0 Å². The van der Waals surface area contributed by atoms with Crippen molar-refractivity contribution in [3.63, 3.8) is 0 Å². The van der Waals surface area contributed by atoms with E-state index in [4.69, 9.17) is 5.73 Å². The molecule has 0 unspecified atom stereocenters. The second-order valence-corrected chi connectivity index (χ2v) is 7.69. The normalized spacial score (nSPS) is 27.4. The monoisotopic (exact) mass is 296 g/mol. The molecule has 1 aromatic carbocycles. The minimum Gasteiger partial charge on any atom is -0.329 e. The molecule has 1 fully saturated rings. The van der Waals surface area contributed by atoms with Crippen molar-refractivity contribution < 1.29 is 8.42 Å². The van der Waals surface area contributed by atoms with E-state index < -0.39 is 15.6 Å². The van der Waals surface area contributed by atoms with Gasteiger partial charge in [0, 0.05) is 12.1 Å². The molecule has 5 heteroatoms. The van der Waals surface area contributed by atoms with E-state index in [2.05, 4.69) is 11.6 Å². The van der Waals surface area contributed by atoms with Gasteiger partial charge in [-0.3, -0.25) is 0 Å². The number of rotatable bonds is 4. The van der Waals surface area contributed by atoms with E-state index in [1.165, 1.54) is 0 Å². The van der Waals surface area contributed by atoms with Crippen LogP contribution in [0.25, 0.3) is 0 Å². The van der Waals surface area contributed by atoms with E-state index in [0.717, 1.165) is 31.2 Å². The maximum Gasteiger partial charge on any atom is 0.241 e. The molecular formula is C15H24N2O2S. The molecule has 0 aliphatic heterocycles. The average molecular weight is 296 g/mol. The number of benzene rings is 1. The van der Waals surface area contributed by atoms with Crippen LogP contribution in [0.4, 0.5) is 0 Å². The lowest BCUT2D eigenvalue weighted by Gasteiger charge is -2.39. The van der Waals surface area contributed by atoms with Crippen LogP contribution < -0.4 is 10.5 Å². The van der Waals surface area contributed by atoms with Crippen molar-refractivity contribution in [1.29, 1.82) is 0 Å². The summed E-state index contributed by atoms with van der Waals surface area (Å²) in [6, 6.07) is 7.05. The summed E-state index contributed by atoms with van der Waals surface area (Å²) in [6.07, 6.45) is 3.67. The molecule has 0 radical (unpaired) electrons. The Morgan fingerprint density at radius 3 is 2.45 bits per heavy atom. The quantitative estimate of drug-likeness (QED) is 0.894. The molecule has 3 N–H and O–H groups in total. The van der Waals surface area contributed by atoms with E-state index >= 15 is 0 Å². The number of nitrogens with one attached hydrogen (secondary N) is 1. The van der Waals surface area contributed by atoms with Gasteiger partial charge in [-0.1, -0.05) is 25.1 Å². The molecule has 0 amide bonds. The summed E-state index contributed by atoms with van der Waals surface area (Å²) in [4.78, 5) is 0.353. The topological polar surface area (TPSA) is 72.2 Å². The van der Waals surface area contributed by atoms with Crippen molar-refractivity contribution in [2.75, 3.05) is 6.54 Å². The predicted molar refractivity (Wildman–Crippen MR) is 80.9 cm³/mol. The third kappa shape index (κ3) is 3.22. The van der Waals surface area contributed by atoms with Crippen molar-refractivity contribution >= 4 is 10.0 Å². The lowest BCUT2D eigenvalue weighted by molar-refractivity contribution is 0.231. The minimum absolute atomic E-state index is 0.352. The lowest BCUT2D eigenvalue weighted by Crippen LogP contribution is -2.55. The van der Waals surface area contributed by atoms with Crippen LogP contribution in [0.1, 0.15) is 38.2 Å².